The normalized spacial score (nSPS) is 23.4. The highest BCUT2D eigenvalue weighted by Crippen LogP contribution is 2.34. The molecule has 2 unspecified atom stereocenters. The summed E-state index contributed by atoms with van der Waals surface area (Å²) in [5.41, 5.74) is 3.61. The molecule has 1 aliphatic carbocycles. The molecule has 3 N–H and O–H groups in total. The average Bonchev–Trinajstić information content (AvgIpc) is 3.48. The first-order valence-electron chi connectivity index (χ1n) is 11.0. The molecular formula is C24H26N6O3. The molecule has 2 atom stereocenters. The molecule has 0 amide bonds. The molecule has 1 aromatic carbocycles. The number of aliphatic imine (C=N–C) groups is 2. The summed E-state index contributed by atoms with van der Waals surface area (Å²) in [5, 5.41) is 20.3. The van der Waals surface area contributed by atoms with E-state index in [9.17, 15) is 9.90 Å². The topological polar surface area (TPSA) is 115 Å². The molecule has 1 fully saturated rings. The number of hydrogen-bond acceptors (Lipinski definition) is 6. The quantitative estimate of drug-likeness (QED) is 0.650. The van der Waals surface area contributed by atoms with E-state index >= 15 is 0 Å². The molecule has 0 bridgehead atoms. The van der Waals surface area contributed by atoms with E-state index in [1.165, 1.54) is 0 Å². The number of amidine groups is 2. The summed E-state index contributed by atoms with van der Waals surface area (Å²) in [6, 6.07) is 9.07. The number of carbonyl (C=O) groups is 1. The van der Waals surface area contributed by atoms with Crippen LogP contribution < -0.4 is 10.1 Å². The number of rotatable bonds is 5. The van der Waals surface area contributed by atoms with Gasteiger partial charge in [-0.05, 0) is 44.4 Å². The molecule has 0 saturated carbocycles. The van der Waals surface area contributed by atoms with Gasteiger partial charge in [0.05, 0.1) is 18.6 Å². The maximum absolute atomic E-state index is 11.7. The summed E-state index contributed by atoms with van der Waals surface area (Å²) in [4.78, 5) is 23.3. The number of nitrogens with one attached hydrogen (secondary N) is 2. The fourth-order valence-electron chi connectivity index (χ4n) is 4.59. The minimum absolute atomic E-state index is 0.0740. The molecule has 1 aromatic heterocycles. The lowest BCUT2D eigenvalue weighted by atomic mass is 9.91. The Kier molecular flexibility index (Phi) is 5.45. The van der Waals surface area contributed by atoms with Crippen molar-refractivity contribution in [2.45, 2.75) is 32.2 Å². The summed E-state index contributed by atoms with van der Waals surface area (Å²) < 4.78 is 5.55. The van der Waals surface area contributed by atoms with E-state index < -0.39 is 12.0 Å². The van der Waals surface area contributed by atoms with Crippen molar-refractivity contribution < 1.29 is 14.6 Å². The van der Waals surface area contributed by atoms with Crippen molar-refractivity contribution >= 4 is 23.5 Å². The second-order valence-corrected chi connectivity index (χ2v) is 8.37. The fourth-order valence-corrected chi connectivity index (χ4v) is 4.59. The van der Waals surface area contributed by atoms with Gasteiger partial charge in [-0.15, -0.1) is 0 Å². The molecule has 2 aromatic rings. The van der Waals surface area contributed by atoms with Crippen molar-refractivity contribution in [1.82, 2.24) is 20.4 Å². The Hall–Kier alpha value is -3.88. The van der Waals surface area contributed by atoms with Crippen LogP contribution in [0.2, 0.25) is 0 Å². The average molecular weight is 447 g/mol. The molecule has 9 heteroatoms. The number of carboxylic acids is 1. The van der Waals surface area contributed by atoms with Gasteiger partial charge in [-0.3, -0.25) is 5.10 Å². The zero-order chi connectivity index (χ0) is 22.9. The number of carboxylic acid groups (broad SMARTS) is 1. The van der Waals surface area contributed by atoms with Gasteiger partial charge in [-0.25, -0.2) is 14.8 Å². The lowest BCUT2D eigenvalue weighted by molar-refractivity contribution is -0.141. The molecule has 1 saturated heterocycles. The van der Waals surface area contributed by atoms with Crippen LogP contribution in [0.5, 0.6) is 5.75 Å². The summed E-state index contributed by atoms with van der Waals surface area (Å²) >= 11 is 0. The Morgan fingerprint density at radius 3 is 2.94 bits per heavy atom. The van der Waals surface area contributed by atoms with Crippen LogP contribution in [-0.2, 0) is 4.79 Å². The standard InChI is InChI=1S/C24H26N6O3/c1-14-12-21(29-28-14)26-22-16-10-9-15(30-11-5-7-19(30)24(31)32)13-18(16)25-23(27-22)17-6-3-4-8-20(17)33-2/h3-4,6,8-9,12-13,16,19H,5,7,10-11H2,1-2H3,(H,31,32)(H2,25,26,27,28,29). The number of benzene rings is 1. The van der Waals surface area contributed by atoms with E-state index in [2.05, 4.69) is 21.6 Å². The first-order chi connectivity index (χ1) is 16.0. The molecule has 3 aliphatic rings. The van der Waals surface area contributed by atoms with Crippen LogP contribution >= 0.6 is 0 Å². The lowest BCUT2D eigenvalue weighted by Gasteiger charge is -2.33. The van der Waals surface area contributed by atoms with E-state index in [0.717, 1.165) is 35.6 Å². The van der Waals surface area contributed by atoms with Crippen LogP contribution in [0.3, 0.4) is 0 Å². The van der Waals surface area contributed by atoms with Crippen LogP contribution in [0.25, 0.3) is 0 Å². The number of nitrogens with zero attached hydrogens (tertiary/aromatic N) is 4. The van der Waals surface area contributed by atoms with Gasteiger partial charge in [0.15, 0.2) is 5.82 Å². The predicted molar refractivity (Wildman–Crippen MR) is 125 cm³/mol. The zero-order valence-electron chi connectivity index (χ0n) is 18.6. The van der Waals surface area contributed by atoms with Gasteiger partial charge in [0.2, 0.25) is 0 Å². The van der Waals surface area contributed by atoms with Crippen LogP contribution in [0.1, 0.15) is 30.5 Å². The van der Waals surface area contributed by atoms with Crippen molar-refractivity contribution in [2.24, 2.45) is 15.9 Å². The third kappa shape index (κ3) is 4.02. The summed E-state index contributed by atoms with van der Waals surface area (Å²) in [6.07, 6.45) is 6.32. The Balaban J connectivity index is 1.55. The third-order valence-electron chi connectivity index (χ3n) is 6.20. The highest BCUT2D eigenvalue weighted by molar-refractivity contribution is 6.12. The maximum atomic E-state index is 11.7. The van der Waals surface area contributed by atoms with E-state index in [4.69, 9.17) is 14.7 Å². The number of allylic oxidation sites excluding steroid dienone is 2. The number of fused-ring (bicyclic) bond motifs is 1. The van der Waals surface area contributed by atoms with Crippen molar-refractivity contribution in [3.8, 4) is 5.75 Å². The summed E-state index contributed by atoms with van der Waals surface area (Å²) in [6.45, 7) is 2.66. The monoisotopic (exact) mass is 446 g/mol. The summed E-state index contributed by atoms with van der Waals surface area (Å²) in [7, 11) is 1.63. The number of methoxy groups -OCH3 is 1. The molecule has 0 radical (unpaired) electrons. The number of aliphatic carboxylic acids is 1. The largest absolute Gasteiger partial charge is 0.496 e. The van der Waals surface area contributed by atoms with E-state index in [1.54, 1.807) is 7.11 Å². The number of likely N-dealkylation sites (tertiary alicyclic amines) is 1. The Morgan fingerprint density at radius 2 is 2.18 bits per heavy atom. The fraction of sp³-hybridized carbons (Fsp3) is 0.333. The van der Waals surface area contributed by atoms with Gasteiger partial charge in [0, 0.05) is 29.7 Å². The first kappa shape index (κ1) is 21.0. The van der Waals surface area contributed by atoms with Crippen molar-refractivity contribution in [1.29, 1.82) is 0 Å². The molecule has 5 rings (SSSR count). The second kappa shape index (κ2) is 8.57. The highest BCUT2D eigenvalue weighted by atomic mass is 16.5. The maximum Gasteiger partial charge on any atom is 0.326 e. The number of aromatic nitrogens is 2. The third-order valence-corrected chi connectivity index (χ3v) is 6.20. The molecule has 33 heavy (non-hydrogen) atoms. The summed E-state index contributed by atoms with van der Waals surface area (Å²) in [5.74, 6) is 1.72. The van der Waals surface area contributed by atoms with E-state index in [1.807, 2.05) is 48.2 Å². The number of aryl methyl sites for hydroxylation is 1. The first-order valence-corrected chi connectivity index (χ1v) is 11.0. The van der Waals surface area contributed by atoms with Crippen molar-refractivity contribution in [3.63, 3.8) is 0 Å². The van der Waals surface area contributed by atoms with Gasteiger partial charge >= 0.3 is 5.97 Å². The predicted octanol–water partition coefficient (Wildman–Crippen LogP) is 3.14. The van der Waals surface area contributed by atoms with Crippen LogP contribution in [0.15, 0.2) is 63.9 Å². The Morgan fingerprint density at radius 1 is 1.33 bits per heavy atom. The molecule has 2 aliphatic heterocycles. The number of para-hydroxylation sites is 1. The molecule has 9 nitrogen and oxygen atoms in total. The van der Waals surface area contributed by atoms with E-state index in [-0.39, 0.29) is 5.92 Å². The van der Waals surface area contributed by atoms with E-state index in [0.29, 0.717) is 36.1 Å². The SMILES string of the molecule is COc1ccccc1C1=NC(=Nc2cc(C)[nH]n2)C2CC=C(N3CCCC3C(=O)O)C=C2N1. The molecule has 0 spiro atoms. The van der Waals surface area contributed by atoms with Crippen molar-refractivity contribution in [2.75, 3.05) is 13.7 Å². The molecule has 3 heterocycles. The van der Waals surface area contributed by atoms with Gasteiger partial charge < -0.3 is 20.1 Å². The Bertz CT molecular complexity index is 1210. The zero-order valence-corrected chi connectivity index (χ0v) is 18.6. The second-order valence-electron chi connectivity index (χ2n) is 8.37. The number of ether oxygens (including phenoxy) is 1. The Labute approximate surface area is 191 Å². The van der Waals surface area contributed by atoms with Crippen LogP contribution in [0.4, 0.5) is 5.82 Å². The van der Waals surface area contributed by atoms with Gasteiger partial charge in [0.1, 0.15) is 23.5 Å². The van der Waals surface area contributed by atoms with Crippen LogP contribution in [-0.4, -0.2) is 57.5 Å². The minimum Gasteiger partial charge on any atom is -0.496 e. The van der Waals surface area contributed by atoms with Gasteiger partial charge in [-0.1, -0.05) is 18.2 Å². The molecular weight excluding hydrogens is 420 g/mol. The lowest BCUT2D eigenvalue weighted by Crippen LogP contribution is -2.40. The number of hydrogen-bond donors (Lipinski definition) is 3. The highest BCUT2D eigenvalue weighted by Gasteiger charge is 2.35. The van der Waals surface area contributed by atoms with Crippen molar-refractivity contribution in [3.05, 3.63) is 65.1 Å². The van der Waals surface area contributed by atoms with Gasteiger partial charge in [-0.2, -0.15) is 5.10 Å². The minimum atomic E-state index is -0.780. The number of H-pyrrole nitrogens is 1. The van der Waals surface area contributed by atoms with Gasteiger partial charge in [0.25, 0.3) is 0 Å². The number of aromatic amines is 1. The van der Waals surface area contributed by atoms with Crippen LogP contribution in [0, 0.1) is 12.8 Å². The smallest absolute Gasteiger partial charge is 0.326 e. The molecule has 170 valence electrons.